The van der Waals surface area contributed by atoms with Gasteiger partial charge in [0.2, 0.25) is 5.71 Å². The molecule has 1 atom stereocenters. The van der Waals surface area contributed by atoms with Crippen LogP contribution in [0.4, 0.5) is 5.82 Å². The van der Waals surface area contributed by atoms with Crippen LogP contribution in [0.25, 0.3) is 11.1 Å². The van der Waals surface area contributed by atoms with Gasteiger partial charge < -0.3 is 19.2 Å². The van der Waals surface area contributed by atoms with Gasteiger partial charge in [-0.1, -0.05) is 30.3 Å². The Hall–Kier alpha value is -3.42. The Bertz CT molecular complexity index is 1000. The number of nitrogens with zero attached hydrogens (tertiary/aromatic N) is 2. The number of hydrogen-bond donors (Lipinski definition) is 1. The second kappa shape index (κ2) is 9.18. The van der Waals surface area contributed by atoms with E-state index in [1.54, 1.807) is 20.8 Å². The maximum atomic E-state index is 12.6. The first-order valence-corrected chi connectivity index (χ1v) is 9.43. The van der Waals surface area contributed by atoms with Crippen molar-refractivity contribution in [2.45, 2.75) is 33.2 Å². The molecule has 0 aliphatic carbocycles. The molecule has 0 unspecified atom stereocenters. The monoisotopic (exact) mass is 397 g/mol. The Morgan fingerprint density at radius 3 is 2.52 bits per heavy atom. The average molecular weight is 397 g/mol. The summed E-state index contributed by atoms with van der Waals surface area (Å²) in [7, 11) is 0. The third-order valence-corrected chi connectivity index (χ3v) is 4.31. The number of ether oxygens (including phenoxy) is 2. The van der Waals surface area contributed by atoms with Crippen LogP contribution in [0, 0.1) is 6.92 Å². The van der Waals surface area contributed by atoms with Crippen molar-refractivity contribution in [3.63, 3.8) is 0 Å². The first-order valence-electron chi connectivity index (χ1n) is 9.43. The fourth-order valence-corrected chi connectivity index (χ4v) is 3.05. The van der Waals surface area contributed by atoms with Crippen molar-refractivity contribution >= 4 is 28.9 Å². The van der Waals surface area contributed by atoms with Gasteiger partial charge in [0, 0.05) is 6.42 Å². The lowest BCUT2D eigenvalue weighted by Gasteiger charge is -2.18. The summed E-state index contributed by atoms with van der Waals surface area (Å²) in [4.78, 5) is 33.4. The Balaban J connectivity index is 2.00. The number of carbonyl (C=O) groups excluding carboxylic acids is 2. The van der Waals surface area contributed by atoms with Crippen molar-refractivity contribution < 1.29 is 23.5 Å². The van der Waals surface area contributed by atoms with E-state index in [-0.39, 0.29) is 24.5 Å². The number of furan rings is 1. The topological polar surface area (TPSA) is 104 Å². The Labute approximate surface area is 168 Å². The van der Waals surface area contributed by atoms with Crippen molar-refractivity contribution in [1.29, 1.82) is 0 Å². The number of anilines is 1. The molecule has 29 heavy (non-hydrogen) atoms. The lowest BCUT2D eigenvalue weighted by Crippen LogP contribution is -2.34. The SMILES string of the molecule is CCOC(=O)c1c(C)oc2ncnc(N[C@@H](Cc3ccccc3)C(=O)OCC)c12. The summed E-state index contributed by atoms with van der Waals surface area (Å²) in [6, 6.07) is 8.85. The Morgan fingerprint density at radius 2 is 1.83 bits per heavy atom. The number of rotatable bonds is 8. The lowest BCUT2D eigenvalue weighted by molar-refractivity contribution is -0.144. The predicted octanol–water partition coefficient (Wildman–Crippen LogP) is 3.29. The highest BCUT2D eigenvalue weighted by Crippen LogP contribution is 2.30. The molecule has 3 rings (SSSR count). The van der Waals surface area contributed by atoms with Crippen LogP contribution in [0.2, 0.25) is 0 Å². The number of carbonyl (C=O) groups is 2. The predicted molar refractivity (Wildman–Crippen MR) is 107 cm³/mol. The van der Waals surface area contributed by atoms with E-state index in [2.05, 4.69) is 15.3 Å². The molecule has 8 nitrogen and oxygen atoms in total. The Kier molecular flexibility index (Phi) is 6.43. The number of nitrogens with one attached hydrogen (secondary N) is 1. The van der Waals surface area contributed by atoms with Gasteiger partial charge in [-0.2, -0.15) is 0 Å². The zero-order valence-electron chi connectivity index (χ0n) is 16.6. The van der Waals surface area contributed by atoms with Gasteiger partial charge in [0.25, 0.3) is 0 Å². The van der Waals surface area contributed by atoms with E-state index in [9.17, 15) is 9.59 Å². The summed E-state index contributed by atoms with van der Waals surface area (Å²) in [5.41, 5.74) is 1.44. The third-order valence-electron chi connectivity index (χ3n) is 4.31. The van der Waals surface area contributed by atoms with E-state index < -0.39 is 18.0 Å². The molecule has 8 heteroatoms. The maximum absolute atomic E-state index is 12.6. The summed E-state index contributed by atoms with van der Waals surface area (Å²) in [5, 5.41) is 3.49. The molecule has 0 aliphatic rings. The first kappa shape index (κ1) is 20.3. The summed E-state index contributed by atoms with van der Waals surface area (Å²) in [5.74, 6) is -0.264. The number of aryl methyl sites for hydroxylation is 1. The van der Waals surface area contributed by atoms with Crippen molar-refractivity contribution in [2.24, 2.45) is 0 Å². The van der Waals surface area contributed by atoms with Crippen LogP contribution >= 0.6 is 0 Å². The number of esters is 2. The van der Waals surface area contributed by atoms with Crippen LogP contribution in [0.3, 0.4) is 0 Å². The number of benzene rings is 1. The fourth-order valence-electron chi connectivity index (χ4n) is 3.05. The zero-order valence-corrected chi connectivity index (χ0v) is 16.6. The van der Waals surface area contributed by atoms with E-state index in [1.165, 1.54) is 6.33 Å². The van der Waals surface area contributed by atoms with Crippen molar-refractivity contribution in [2.75, 3.05) is 18.5 Å². The van der Waals surface area contributed by atoms with E-state index >= 15 is 0 Å². The van der Waals surface area contributed by atoms with Crippen LogP contribution < -0.4 is 5.32 Å². The lowest BCUT2D eigenvalue weighted by atomic mass is 10.1. The molecule has 0 fully saturated rings. The van der Waals surface area contributed by atoms with Crippen LogP contribution in [-0.4, -0.2) is 41.2 Å². The minimum Gasteiger partial charge on any atom is -0.464 e. The van der Waals surface area contributed by atoms with Gasteiger partial charge in [-0.3, -0.25) is 0 Å². The number of hydrogen-bond acceptors (Lipinski definition) is 8. The summed E-state index contributed by atoms with van der Waals surface area (Å²) in [6.07, 6.45) is 1.70. The summed E-state index contributed by atoms with van der Waals surface area (Å²) >= 11 is 0. The largest absolute Gasteiger partial charge is 0.464 e. The summed E-state index contributed by atoms with van der Waals surface area (Å²) < 4.78 is 16.0. The van der Waals surface area contributed by atoms with Crippen LogP contribution in [0.5, 0.6) is 0 Å². The number of fused-ring (bicyclic) bond motifs is 1. The first-order chi connectivity index (χ1) is 14.0. The van der Waals surface area contributed by atoms with Crippen molar-refractivity contribution in [3.8, 4) is 0 Å². The molecule has 0 saturated heterocycles. The molecule has 0 radical (unpaired) electrons. The van der Waals surface area contributed by atoms with Crippen molar-refractivity contribution in [3.05, 3.63) is 53.5 Å². The molecule has 1 aromatic carbocycles. The highest BCUT2D eigenvalue weighted by Gasteiger charge is 2.27. The zero-order chi connectivity index (χ0) is 20.8. The number of aromatic nitrogens is 2. The molecule has 0 saturated carbocycles. The average Bonchev–Trinajstić information content (AvgIpc) is 3.05. The van der Waals surface area contributed by atoms with Crippen LogP contribution in [0.1, 0.15) is 35.5 Å². The normalized spacial score (nSPS) is 11.8. The molecule has 152 valence electrons. The van der Waals surface area contributed by atoms with Gasteiger partial charge in [-0.05, 0) is 26.3 Å². The Morgan fingerprint density at radius 1 is 1.10 bits per heavy atom. The van der Waals surface area contributed by atoms with Gasteiger partial charge in [0.1, 0.15) is 29.5 Å². The van der Waals surface area contributed by atoms with Gasteiger partial charge in [0.15, 0.2) is 0 Å². The second-order valence-corrected chi connectivity index (χ2v) is 6.29. The van der Waals surface area contributed by atoms with Gasteiger partial charge in [-0.15, -0.1) is 0 Å². The quantitative estimate of drug-likeness (QED) is 0.578. The molecule has 0 spiro atoms. The van der Waals surface area contributed by atoms with E-state index in [0.717, 1.165) is 5.56 Å². The minimum atomic E-state index is -0.708. The maximum Gasteiger partial charge on any atom is 0.342 e. The minimum absolute atomic E-state index is 0.223. The van der Waals surface area contributed by atoms with Crippen LogP contribution in [0.15, 0.2) is 41.1 Å². The summed E-state index contributed by atoms with van der Waals surface area (Å²) in [6.45, 7) is 5.61. The van der Waals surface area contributed by atoms with E-state index in [0.29, 0.717) is 23.4 Å². The molecule has 2 aromatic heterocycles. The molecular weight excluding hydrogens is 374 g/mol. The molecule has 1 N–H and O–H groups in total. The molecule has 0 amide bonds. The highest BCUT2D eigenvalue weighted by molar-refractivity contribution is 6.08. The van der Waals surface area contributed by atoms with E-state index in [1.807, 2.05) is 30.3 Å². The van der Waals surface area contributed by atoms with Gasteiger partial charge in [0.05, 0.1) is 18.6 Å². The molecule has 3 aromatic rings. The highest BCUT2D eigenvalue weighted by atomic mass is 16.5. The van der Waals surface area contributed by atoms with Crippen molar-refractivity contribution in [1.82, 2.24) is 9.97 Å². The molecule has 0 aliphatic heterocycles. The van der Waals surface area contributed by atoms with Gasteiger partial charge in [-0.25, -0.2) is 19.6 Å². The standard InChI is InChI=1S/C21H23N3O5/c1-4-27-20(25)15(11-14-9-7-6-8-10-14)24-18-17-16(21(26)28-5-2)13(3)29-19(17)23-12-22-18/h6-10,12,15H,4-5,11H2,1-3H3,(H,22,23,24)/t15-/m0/s1. The molecule has 0 bridgehead atoms. The fraction of sp³-hybridized carbons (Fsp3) is 0.333. The van der Waals surface area contributed by atoms with Gasteiger partial charge >= 0.3 is 11.9 Å². The van der Waals surface area contributed by atoms with Crippen LogP contribution in [-0.2, 0) is 20.7 Å². The van der Waals surface area contributed by atoms with E-state index in [4.69, 9.17) is 13.9 Å². The molecular formula is C21H23N3O5. The molecule has 2 heterocycles. The second-order valence-electron chi connectivity index (χ2n) is 6.29. The smallest absolute Gasteiger partial charge is 0.342 e. The third kappa shape index (κ3) is 4.53.